The average molecular weight is 416 g/mol. The van der Waals surface area contributed by atoms with E-state index in [1.807, 2.05) is 18.2 Å². The van der Waals surface area contributed by atoms with E-state index >= 15 is 0 Å². The van der Waals surface area contributed by atoms with Crippen molar-refractivity contribution in [3.05, 3.63) is 58.1 Å². The van der Waals surface area contributed by atoms with Gasteiger partial charge in [0.15, 0.2) is 6.67 Å². The lowest BCUT2D eigenvalue weighted by Crippen LogP contribution is -3.13. The number of methoxy groups -OCH3 is 1. The molecule has 5 nitrogen and oxygen atoms in total. The van der Waals surface area contributed by atoms with Crippen LogP contribution < -0.4 is 14.5 Å². The summed E-state index contributed by atoms with van der Waals surface area (Å²) in [6, 6.07) is 13.9. The number of halogens is 1. The number of carbonyl (C=O) groups is 2. The third kappa shape index (κ3) is 3.15. The molecular weight excluding hydrogens is 396 g/mol. The number of nitrogens with zero attached hydrogens (tertiary/aromatic N) is 1. The van der Waals surface area contributed by atoms with Crippen LogP contribution in [0.25, 0.3) is 0 Å². The summed E-state index contributed by atoms with van der Waals surface area (Å²) < 4.78 is 6.00. The number of carbonyl (C=O) groups excluding carboxylic acids is 2. The van der Waals surface area contributed by atoms with Crippen molar-refractivity contribution in [1.29, 1.82) is 0 Å². The Bertz CT molecular complexity index is 862. The van der Waals surface area contributed by atoms with Crippen molar-refractivity contribution in [2.75, 3.05) is 18.7 Å². The van der Waals surface area contributed by atoms with E-state index in [0.717, 1.165) is 29.6 Å². The van der Waals surface area contributed by atoms with Crippen molar-refractivity contribution < 1.29 is 19.2 Å². The molecule has 6 heteroatoms. The molecule has 0 aromatic heterocycles. The molecule has 0 radical (unpaired) electrons. The normalized spacial score (nSPS) is 17.4. The summed E-state index contributed by atoms with van der Waals surface area (Å²) in [5.74, 6) is -0.0134. The van der Waals surface area contributed by atoms with Gasteiger partial charge in [0.05, 0.1) is 24.4 Å². The van der Waals surface area contributed by atoms with Crippen LogP contribution in [0, 0.1) is 0 Å². The second-order valence-corrected chi connectivity index (χ2v) is 7.67. The number of quaternary nitrogens is 1. The largest absolute Gasteiger partial charge is 0.497 e. The van der Waals surface area contributed by atoms with E-state index in [9.17, 15) is 9.59 Å². The zero-order valence-electron chi connectivity index (χ0n) is 14.5. The fraction of sp³-hybridized carbons (Fsp3) is 0.300. The number of para-hydroxylation sites is 1. The topological polar surface area (TPSA) is 51.1 Å². The fourth-order valence-electron chi connectivity index (χ4n) is 3.49. The molecule has 2 aromatic rings. The maximum atomic E-state index is 12.6. The zero-order chi connectivity index (χ0) is 18.3. The van der Waals surface area contributed by atoms with Gasteiger partial charge in [-0.05, 0) is 52.3 Å². The highest BCUT2D eigenvalue weighted by atomic mass is 79.9. The highest BCUT2D eigenvalue weighted by Crippen LogP contribution is 2.35. The number of amides is 1. The molecule has 1 heterocycles. The number of ether oxygens (including phenoxy) is 1. The first-order chi connectivity index (χ1) is 12.6. The maximum Gasteiger partial charge on any atom is 0.303 e. The highest BCUT2D eigenvalue weighted by molar-refractivity contribution is 9.10. The van der Waals surface area contributed by atoms with Crippen LogP contribution in [-0.4, -0.2) is 31.5 Å². The van der Waals surface area contributed by atoms with Crippen molar-refractivity contribution in [2.24, 2.45) is 0 Å². The van der Waals surface area contributed by atoms with Gasteiger partial charge in [0.25, 0.3) is 5.78 Å². The van der Waals surface area contributed by atoms with E-state index in [1.165, 1.54) is 10.5 Å². The van der Waals surface area contributed by atoms with Gasteiger partial charge < -0.3 is 9.64 Å². The molecule has 0 spiro atoms. The minimum atomic E-state index is -0.431. The van der Waals surface area contributed by atoms with E-state index in [0.29, 0.717) is 24.0 Å². The standard InChI is InChI=1S/C20H19BrN2O3/c1-26-15-9-5-13(6-10-15)11-22(14-7-8-14)12-23-18-16(19(24)20(23)25)3-2-4-17(18)21/h2-6,9-10,14H,7-8,11-12H2,1H3/p+1. The zero-order valence-corrected chi connectivity index (χ0v) is 16.1. The molecule has 1 aliphatic carbocycles. The Morgan fingerprint density at radius 3 is 2.54 bits per heavy atom. The summed E-state index contributed by atoms with van der Waals surface area (Å²) in [6.45, 7) is 1.31. The van der Waals surface area contributed by atoms with Crippen LogP contribution in [0.15, 0.2) is 46.9 Å². The number of rotatable bonds is 6. The first-order valence-electron chi connectivity index (χ1n) is 8.70. The minimum absolute atomic E-state index is 0.416. The lowest BCUT2D eigenvalue weighted by molar-refractivity contribution is -0.923. The van der Waals surface area contributed by atoms with Crippen molar-refractivity contribution in [2.45, 2.75) is 25.4 Å². The molecule has 1 fully saturated rings. The van der Waals surface area contributed by atoms with Gasteiger partial charge in [-0.25, -0.2) is 0 Å². The first kappa shape index (κ1) is 17.2. The van der Waals surface area contributed by atoms with Gasteiger partial charge in [0.1, 0.15) is 12.3 Å². The predicted molar refractivity (Wildman–Crippen MR) is 102 cm³/mol. The predicted octanol–water partition coefficient (Wildman–Crippen LogP) is 2.19. The van der Waals surface area contributed by atoms with Crippen LogP contribution in [0.2, 0.25) is 0 Å². The molecule has 2 aliphatic rings. The van der Waals surface area contributed by atoms with E-state index in [4.69, 9.17) is 4.74 Å². The van der Waals surface area contributed by atoms with Gasteiger partial charge in [-0.1, -0.05) is 6.07 Å². The molecule has 134 valence electrons. The van der Waals surface area contributed by atoms with E-state index < -0.39 is 11.7 Å². The van der Waals surface area contributed by atoms with E-state index in [-0.39, 0.29) is 0 Å². The summed E-state index contributed by atoms with van der Waals surface area (Å²) in [5, 5.41) is 0. The van der Waals surface area contributed by atoms with Crippen LogP contribution in [-0.2, 0) is 11.3 Å². The SMILES string of the molecule is COc1ccc(C[NH+](CN2C(=O)C(=O)c3cccc(Br)c32)C2CC2)cc1. The highest BCUT2D eigenvalue weighted by Gasteiger charge is 2.42. The number of hydrogen-bond acceptors (Lipinski definition) is 3. The lowest BCUT2D eigenvalue weighted by Gasteiger charge is -2.25. The summed E-state index contributed by atoms with van der Waals surface area (Å²) in [5.41, 5.74) is 2.39. The Labute approximate surface area is 160 Å². The molecule has 2 aromatic carbocycles. The van der Waals surface area contributed by atoms with Crippen LogP contribution in [0.5, 0.6) is 5.75 Å². The molecule has 1 aliphatic heterocycles. The molecule has 1 atom stereocenters. The van der Waals surface area contributed by atoms with Gasteiger partial charge in [-0.2, -0.15) is 0 Å². The molecule has 0 saturated heterocycles. The summed E-state index contributed by atoms with van der Waals surface area (Å²) in [6.07, 6.45) is 2.31. The van der Waals surface area contributed by atoms with Crippen LogP contribution >= 0.6 is 15.9 Å². The van der Waals surface area contributed by atoms with Gasteiger partial charge in [-0.3, -0.25) is 14.5 Å². The second-order valence-electron chi connectivity index (χ2n) is 6.81. The Morgan fingerprint density at radius 2 is 1.88 bits per heavy atom. The van der Waals surface area contributed by atoms with Gasteiger partial charge in [0, 0.05) is 22.9 Å². The summed E-state index contributed by atoms with van der Waals surface area (Å²) >= 11 is 3.50. The first-order valence-corrected chi connectivity index (χ1v) is 9.50. The molecule has 26 heavy (non-hydrogen) atoms. The Kier molecular flexibility index (Phi) is 4.54. The van der Waals surface area contributed by atoms with Crippen molar-refractivity contribution in [3.8, 4) is 5.75 Å². The molecule has 0 bridgehead atoms. The van der Waals surface area contributed by atoms with Crippen molar-refractivity contribution >= 4 is 33.3 Å². The second kappa shape index (κ2) is 6.85. The molecule has 4 rings (SSSR count). The number of fused-ring (bicyclic) bond motifs is 1. The van der Waals surface area contributed by atoms with Crippen molar-refractivity contribution in [3.63, 3.8) is 0 Å². The van der Waals surface area contributed by atoms with Gasteiger partial charge >= 0.3 is 5.91 Å². The lowest BCUT2D eigenvalue weighted by atomic mass is 10.1. The summed E-state index contributed by atoms with van der Waals surface area (Å²) in [4.78, 5) is 27.8. The molecule has 1 N–H and O–H groups in total. The Morgan fingerprint density at radius 1 is 1.15 bits per heavy atom. The molecular formula is C20H20BrN2O3+. The van der Waals surface area contributed by atoms with Crippen molar-refractivity contribution in [1.82, 2.24) is 0 Å². The quantitative estimate of drug-likeness (QED) is 0.735. The van der Waals surface area contributed by atoms with Gasteiger partial charge in [0.2, 0.25) is 0 Å². The average Bonchev–Trinajstić information content (AvgIpc) is 3.46. The molecule has 1 unspecified atom stereocenters. The maximum absolute atomic E-state index is 12.6. The number of anilines is 1. The molecule has 1 saturated carbocycles. The van der Waals surface area contributed by atoms with E-state index in [1.54, 1.807) is 24.1 Å². The van der Waals surface area contributed by atoms with E-state index in [2.05, 4.69) is 28.1 Å². The fourth-order valence-corrected chi connectivity index (χ4v) is 4.07. The number of hydrogen-bond donors (Lipinski definition) is 1. The smallest absolute Gasteiger partial charge is 0.303 e. The van der Waals surface area contributed by atoms with Crippen LogP contribution in [0.1, 0.15) is 28.8 Å². The molecule has 1 amide bonds. The summed E-state index contributed by atoms with van der Waals surface area (Å²) in [7, 11) is 1.65. The number of benzene rings is 2. The van der Waals surface area contributed by atoms with Crippen LogP contribution in [0.4, 0.5) is 5.69 Å². The third-order valence-electron chi connectivity index (χ3n) is 5.05. The monoisotopic (exact) mass is 415 g/mol. The minimum Gasteiger partial charge on any atom is -0.497 e. The van der Waals surface area contributed by atoms with Gasteiger partial charge in [-0.15, -0.1) is 0 Å². The Hall–Kier alpha value is -2.18. The number of Topliss-reactive ketones (excluding diaryl/α,β-unsaturated/α-hetero) is 1. The number of ketones is 1. The number of nitrogens with one attached hydrogen (secondary N) is 1. The Balaban J connectivity index is 1.57. The van der Waals surface area contributed by atoms with Crippen LogP contribution in [0.3, 0.4) is 0 Å². The third-order valence-corrected chi connectivity index (χ3v) is 5.69.